The van der Waals surface area contributed by atoms with Gasteiger partial charge in [-0.15, -0.1) is 0 Å². The van der Waals surface area contributed by atoms with Crippen molar-refractivity contribution < 1.29 is 13.2 Å². The zero-order valence-corrected chi connectivity index (χ0v) is 6.23. The molecule has 0 aliphatic carbocycles. The molecule has 0 radical (unpaired) electrons. The Balaban J connectivity index is 3.82. The van der Waals surface area contributed by atoms with Gasteiger partial charge in [0.25, 0.3) is 10.2 Å². The molecule has 0 aromatic rings. The summed E-state index contributed by atoms with van der Waals surface area (Å²) in [5.41, 5.74) is 0. The number of carbonyl (C=O) groups excluding carboxylic acids is 1. The van der Waals surface area contributed by atoms with Gasteiger partial charge in [-0.3, -0.25) is 4.79 Å². The van der Waals surface area contributed by atoms with E-state index in [1.807, 2.05) is 0 Å². The normalized spacial score (nSPS) is 11.0. The van der Waals surface area contributed by atoms with Crippen molar-refractivity contribution in [2.45, 2.75) is 0 Å². The molecule has 0 bridgehead atoms. The zero-order chi connectivity index (χ0) is 8.20. The van der Waals surface area contributed by atoms with Crippen molar-refractivity contribution >= 4 is 16.1 Å². The molecule has 0 unspecified atom stereocenters. The molecule has 0 aromatic heterocycles. The minimum Gasteiger partial charge on any atom is -0.311 e. The molecule has 1 amide bonds. The van der Waals surface area contributed by atoms with Crippen molar-refractivity contribution in [1.29, 1.82) is 0 Å². The number of nitrogens with one attached hydrogen (secondary N) is 2. The highest BCUT2D eigenvalue weighted by atomic mass is 32.2. The monoisotopic (exact) mass is 167 g/mol. The lowest BCUT2D eigenvalue weighted by molar-refractivity contribution is -0.118. The van der Waals surface area contributed by atoms with E-state index in [4.69, 9.17) is 0 Å². The molecule has 0 spiro atoms. The molecular weight excluding hydrogens is 158 g/mol. The summed E-state index contributed by atoms with van der Waals surface area (Å²) >= 11 is 0. The molecule has 7 heteroatoms. The highest BCUT2D eigenvalue weighted by molar-refractivity contribution is 7.87. The van der Waals surface area contributed by atoms with E-state index in [1.165, 1.54) is 7.05 Å². The maximum Gasteiger partial charge on any atom is 0.298 e. The fourth-order valence-corrected chi connectivity index (χ4v) is 0.745. The Morgan fingerprint density at radius 1 is 1.60 bits per heavy atom. The van der Waals surface area contributed by atoms with Crippen LogP contribution in [-0.4, -0.2) is 27.9 Å². The Morgan fingerprint density at radius 2 is 2.10 bits per heavy atom. The molecule has 0 rings (SSSR count). The number of amides is 1. The van der Waals surface area contributed by atoms with Crippen LogP contribution in [0.3, 0.4) is 0 Å². The lowest BCUT2D eigenvalue weighted by atomic mass is 10.6. The third kappa shape index (κ3) is 5.48. The van der Waals surface area contributed by atoms with Gasteiger partial charge in [-0.1, -0.05) is 0 Å². The standard InChI is InChI=1S/C3H9N3O3S/c1-5-2-3(7)6-10(4,8)9/h5H,2H2,1H3,(H,6,7)(H2,4,8,9). The SMILES string of the molecule is CNCC(=O)NS(N)(=O)=O. The molecule has 0 aromatic carbocycles. The van der Waals surface area contributed by atoms with Crippen LogP contribution in [0.1, 0.15) is 0 Å². The van der Waals surface area contributed by atoms with Crippen molar-refractivity contribution in [2.75, 3.05) is 13.6 Å². The molecule has 0 aliphatic heterocycles. The maximum atomic E-state index is 10.4. The summed E-state index contributed by atoms with van der Waals surface area (Å²) in [6, 6.07) is 0. The molecule has 10 heavy (non-hydrogen) atoms. The second-order valence-corrected chi connectivity index (χ2v) is 2.89. The Hall–Kier alpha value is -0.660. The van der Waals surface area contributed by atoms with Gasteiger partial charge in [-0.25, -0.2) is 9.86 Å². The first kappa shape index (κ1) is 9.34. The summed E-state index contributed by atoms with van der Waals surface area (Å²) in [5.74, 6) is -0.676. The molecule has 0 saturated heterocycles. The third-order valence-electron chi connectivity index (χ3n) is 0.593. The van der Waals surface area contributed by atoms with E-state index >= 15 is 0 Å². The van der Waals surface area contributed by atoms with Crippen LogP contribution in [0.2, 0.25) is 0 Å². The number of carbonyl (C=O) groups is 1. The van der Waals surface area contributed by atoms with Crippen LogP contribution in [0.4, 0.5) is 0 Å². The Labute approximate surface area is 59.0 Å². The number of rotatable bonds is 3. The molecule has 0 saturated carbocycles. The predicted molar refractivity (Wildman–Crippen MR) is 35.2 cm³/mol. The molecule has 0 fully saturated rings. The van der Waals surface area contributed by atoms with Gasteiger partial charge >= 0.3 is 0 Å². The predicted octanol–water partition coefficient (Wildman–Crippen LogP) is -2.47. The van der Waals surface area contributed by atoms with E-state index in [1.54, 1.807) is 4.72 Å². The minimum absolute atomic E-state index is 0.0730. The molecule has 0 aliphatic rings. The summed E-state index contributed by atoms with van der Waals surface area (Å²) in [5, 5.41) is 6.94. The van der Waals surface area contributed by atoms with Gasteiger partial charge in [0.15, 0.2) is 0 Å². The van der Waals surface area contributed by atoms with Crippen molar-refractivity contribution in [3.63, 3.8) is 0 Å². The number of likely N-dealkylation sites (N-methyl/N-ethyl adjacent to an activating group) is 1. The van der Waals surface area contributed by atoms with Crippen molar-refractivity contribution in [3.05, 3.63) is 0 Å². The van der Waals surface area contributed by atoms with Crippen LogP contribution < -0.4 is 15.2 Å². The number of hydrogen-bond acceptors (Lipinski definition) is 4. The summed E-state index contributed by atoms with van der Waals surface area (Å²) in [4.78, 5) is 10.4. The quantitative estimate of drug-likeness (QED) is 0.433. The first-order valence-corrected chi connectivity index (χ1v) is 3.98. The molecular formula is C3H9N3O3S. The molecule has 4 N–H and O–H groups in total. The van der Waals surface area contributed by atoms with Crippen LogP contribution in [0.25, 0.3) is 0 Å². The zero-order valence-electron chi connectivity index (χ0n) is 5.42. The van der Waals surface area contributed by atoms with Crippen molar-refractivity contribution in [3.8, 4) is 0 Å². The average Bonchev–Trinajstić information content (AvgIpc) is 1.59. The minimum atomic E-state index is -3.89. The second kappa shape index (κ2) is 3.49. The van der Waals surface area contributed by atoms with E-state index in [0.717, 1.165) is 0 Å². The van der Waals surface area contributed by atoms with Gasteiger partial charge in [0.1, 0.15) is 0 Å². The van der Waals surface area contributed by atoms with Crippen LogP contribution in [0, 0.1) is 0 Å². The largest absolute Gasteiger partial charge is 0.311 e. The summed E-state index contributed by atoms with van der Waals surface area (Å²) < 4.78 is 21.8. The van der Waals surface area contributed by atoms with E-state index in [0.29, 0.717) is 0 Å². The van der Waals surface area contributed by atoms with Gasteiger partial charge in [-0.2, -0.15) is 8.42 Å². The first-order chi connectivity index (χ1) is 4.45. The summed E-state index contributed by atoms with van der Waals surface area (Å²) in [6.45, 7) is -0.0730. The molecule has 0 atom stereocenters. The smallest absolute Gasteiger partial charge is 0.298 e. The average molecular weight is 167 g/mol. The maximum absolute atomic E-state index is 10.4. The van der Waals surface area contributed by atoms with Crippen molar-refractivity contribution in [2.24, 2.45) is 5.14 Å². The fraction of sp³-hybridized carbons (Fsp3) is 0.667. The van der Waals surface area contributed by atoms with Crippen LogP contribution in [0.5, 0.6) is 0 Å². The Bertz CT molecular complexity index is 209. The van der Waals surface area contributed by atoms with Gasteiger partial charge in [0.05, 0.1) is 6.54 Å². The van der Waals surface area contributed by atoms with E-state index in [9.17, 15) is 13.2 Å². The van der Waals surface area contributed by atoms with Crippen LogP contribution in [-0.2, 0) is 15.0 Å². The topological polar surface area (TPSA) is 101 Å². The highest BCUT2D eigenvalue weighted by Gasteiger charge is 2.05. The van der Waals surface area contributed by atoms with Gasteiger partial charge < -0.3 is 5.32 Å². The molecule has 60 valence electrons. The third-order valence-corrected chi connectivity index (χ3v) is 1.11. The number of nitrogens with two attached hydrogens (primary N) is 1. The molecule has 6 nitrogen and oxygen atoms in total. The summed E-state index contributed by atoms with van der Waals surface area (Å²) in [6.07, 6.45) is 0. The number of hydrogen-bond donors (Lipinski definition) is 3. The second-order valence-electron chi connectivity index (χ2n) is 1.60. The Kier molecular flexibility index (Phi) is 3.26. The van der Waals surface area contributed by atoms with E-state index in [2.05, 4.69) is 10.5 Å². The first-order valence-electron chi connectivity index (χ1n) is 2.43. The van der Waals surface area contributed by atoms with Gasteiger partial charge in [0.2, 0.25) is 5.91 Å². The Morgan fingerprint density at radius 3 is 2.40 bits per heavy atom. The lowest BCUT2D eigenvalue weighted by Crippen LogP contribution is -2.40. The van der Waals surface area contributed by atoms with E-state index < -0.39 is 16.1 Å². The van der Waals surface area contributed by atoms with E-state index in [-0.39, 0.29) is 6.54 Å². The van der Waals surface area contributed by atoms with Crippen LogP contribution in [0.15, 0.2) is 0 Å². The summed E-state index contributed by atoms with van der Waals surface area (Å²) in [7, 11) is -2.37. The van der Waals surface area contributed by atoms with Gasteiger partial charge in [-0.05, 0) is 7.05 Å². The molecule has 0 heterocycles. The fourth-order valence-electron chi connectivity index (χ4n) is 0.355. The van der Waals surface area contributed by atoms with Crippen LogP contribution >= 0.6 is 0 Å². The van der Waals surface area contributed by atoms with Crippen molar-refractivity contribution in [1.82, 2.24) is 10.0 Å². The highest BCUT2D eigenvalue weighted by Crippen LogP contribution is 1.67. The lowest BCUT2D eigenvalue weighted by Gasteiger charge is -1.99. The van der Waals surface area contributed by atoms with Gasteiger partial charge in [0, 0.05) is 0 Å².